The average molecular weight is 288 g/mol. The summed E-state index contributed by atoms with van der Waals surface area (Å²) in [5, 5.41) is 12.7. The van der Waals surface area contributed by atoms with E-state index in [2.05, 4.69) is 11.4 Å². The second kappa shape index (κ2) is 5.09. The first-order chi connectivity index (χ1) is 10.2. The fourth-order valence-corrected chi connectivity index (χ4v) is 6.02. The Morgan fingerprint density at radius 1 is 1.19 bits per heavy atom. The first kappa shape index (κ1) is 13.8. The van der Waals surface area contributed by atoms with E-state index < -0.39 is 0 Å². The summed E-state index contributed by atoms with van der Waals surface area (Å²) in [5.41, 5.74) is 1.00. The number of hydrogen-bond donors (Lipinski definition) is 1. The highest BCUT2D eigenvalue weighted by atomic mass is 19.1. The molecule has 0 radical (unpaired) electrons. The highest BCUT2D eigenvalue weighted by molar-refractivity contribution is 5.23. The molecule has 0 aromatic carbocycles. The van der Waals surface area contributed by atoms with E-state index >= 15 is 0 Å². The van der Waals surface area contributed by atoms with Gasteiger partial charge in [0, 0.05) is 12.1 Å². The summed E-state index contributed by atoms with van der Waals surface area (Å²) >= 11 is 0. The maximum atomic E-state index is 14.5. The highest BCUT2D eigenvalue weighted by Gasteiger charge is 2.50. The number of nitrogens with zero attached hydrogens (tertiary/aromatic N) is 1. The van der Waals surface area contributed by atoms with Gasteiger partial charge < -0.3 is 5.32 Å². The Kier molecular flexibility index (Phi) is 3.34. The van der Waals surface area contributed by atoms with E-state index in [4.69, 9.17) is 5.26 Å². The molecule has 0 spiro atoms. The van der Waals surface area contributed by atoms with Gasteiger partial charge in [-0.15, -0.1) is 0 Å². The Bertz CT molecular complexity index is 467. The summed E-state index contributed by atoms with van der Waals surface area (Å²) in [4.78, 5) is 0. The van der Waals surface area contributed by atoms with E-state index in [9.17, 15) is 4.39 Å². The van der Waals surface area contributed by atoms with Gasteiger partial charge in [-0.3, -0.25) is 0 Å². The van der Waals surface area contributed by atoms with E-state index in [1.54, 1.807) is 0 Å². The zero-order valence-electron chi connectivity index (χ0n) is 12.7. The molecule has 5 saturated carbocycles. The Hall–Kier alpha value is -0.880. The smallest absolute Gasteiger partial charge is 0.114 e. The fraction of sp³-hybridized carbons (Fsp3) is 0.833. The van der Waals surface area contributed by atoms with E-state index in [1.807, 2.05) is 0 Å². The van der Waals surface area contributed by atoms with Crippen LogP contribution in [0.1, 0.15) is 57.8 Å². The van der Waals surface area contributed by atoms with Crippen molar-refractivity contribution in [3.63, 3.8) is 0 Å². The summed E-state index contributed by atoms with van der Waals surface area (Å²) in [6.07, 6.45) is 10.6. The van der Waals surface area contributed by atoms with Crippen LogP contribution in [0.4, 0.5) is 4.39 Å². The summed E-state index contributed by atoms with van der Waals surface area (Å²) in [6.45, 7) is 0.361. The minimum atomic E-state index is -0.164. The topological polar surface area (TPSA) is 35.8 Å². The first-order valence-electron chi connectivity index (χ1n) is 8.69. The van der Waals surface area contributed by atoms with Crippen LogP contribution in [0.5, 0.6) is 0 Å². The van der Waals surface area contributed by atoms with Gasteiger partial charge in [0.15, 0.2) is 0 Å². The van der Waals surface area contributed by atoms with Crippen molar-refractivity contribution in [2.45, 2.75) is 63.3 Å². The van der Waals surface area contributed by atoms with E-state index in [-0.39, 0.29) is 17.3 Å². The molecule has 21 heavy (non-hydrogen) atoms. The third-order valence-electron chi connectivity index (χ3n) is 6.52. The third kappa shape index (κ3) is 2.42. The molecular weight excluding hydrogens is 263 g/mol. The zero-order chi connectivity index (χ0) is 14.4. The van der Waals surface area contributed by atoms with Gasteiger partial charge in [-0.05, 0) is 81.1 Å². The lowest BCUT2D eigenvalue weighted by molar-refractivity contribution is -0.0188. The summed E-state index contributed by atoms with van der Waals surface area (Å²) in [6, 6.07) is 2.26. The molecule has 4 bridgehead atoms. The molecule has 0 aromatic heterocycles. The van der Waals surface area contributed by atoms with Crippen LogP contribution in [0.3, 0.4) is 0 Å². The third-order valence-corrected chi connectivity index (χ3v) is 6.52. The molecule has 0 aliphatic heterocycles. The average Bonchev–Trinajstić information content (AvgIpc) is 2.92. The van der Waals surface area contributed by atoms with Crippen LogP contribution < -0.4 is 5.32 Å². The fourth-order valence-electron chi connectivity index (χ4n) is 6.02. The van der Waals surface area contributed by atoms with Crippen molar-refractivity contribution in [3.8, 4) is 6.07 Å². The molecular formula is C18H25FN2. The number of halogens is 1. The van der Waals surface area contributed by atoms with Gasteiger partial charge in [0.1, 0.15) is 5.83 Å². The maximum Gasteiger partial charge on any atom is 0.114 e. The van der Waals surface area contributed by atoms with E-state index in [0.29, 0.717) is 6.54 Å². The minimum absolute atomic E-state index is 0.0326. The SMILES string of the molecule is N#CC1CCC/C1=C(/F)CNC12CC3CC(CC(C3)C1)C2. The lowest BCUT2D eigenvalue weighted by atomic mass is 9.53. The predicted molar refractivity (Wildman–Crippen MR) is 80.0 cm³/mol. The molecule has 5 aliphatic rings. The molecule has 114 valence electrons. The van der Waals surface area contributed by atoms with E-state index in [1.165, 1.54) is 38.5 Å². The number of nitriles is 1. The molecule has 0 saturated heterocycles. The van der Waals surface area contributed by atoms with Gasteiger partial charge in [-0.25, -0.2) is 4.39 Å². The van der Waals surface area contributed by atoms with Gasteiger partial charge in [-0.1, -0.05) is 0 Å². The maximum absolute atomic E-state index is 14.5. The van der Waals surface area contributed by atoms with Crippen LogP contribution in [0.25, 0.3) is 0 Å². The van der Waals surface area contributed by atoms with Crippen LogP contribution in [-0.4, -0.2) is 12.1 Å². The molecule has 0 heterocycles. The van der Waals surface area contributed by atoms with Crippen molar-refractivity contribution in [1.82, 2.24) is 5.32 Å². The highest BCUT2D eigenvalue weighted by Crippen LogP contribution is 2.55. The molecule has 0 aromatic rings. The molecule has 1 unspecified atom stereocenters. The van der Waals surface area contributed by atoms with Gasteiger partial charge >= 0.3 is 0 Å². The van der Waals surface area contributed by atoms with Crippen molar-refractivity contribution in [1.29, 1.82) is 5.26 Å². The Morgan fingerprint density at radius 3 is 2.38 bits per heavy atom. The molecule has 3 heteroatoms. The Labute approximate surface area is 126 Å². The standard InChI is InChI=1S/C18H25FN2/c19-17(16-3-1-2-15(16)10-20)11-21-18-7-12-4-13(8-18)6-14(5-12)9-18/h12-15,21H,1-9,11H2/b17-16-. The van der Waals surface area contributed by atoms with Crippen LogP contribution in [-0.2, 0) is 0 Å². The van der Waals surface area contributed by atoms with Gasteiger partial charge in [0.05, 0.1) is 12.0 Å². The lowest BCUT2D eigenvalue weighted by Gasteiger charge is -2.57. The number of nitrogens with one attached hydrogen (secondary N) is 1. The molecule has 5 rings (SSSR count). The van der Waals surface area contributed by atoms with Crippen molar-refractivity contribution in [2.24, 2.45) is 23.7 Å². The molecule has 1 N–H and O–H groups in total. The number of allylic oxidation sites excluding steroid dienone is 1. The minimum Gasteiger partial charge on any atom is -0.305 e. The molecule has 2 nitrogen and oxygen atoms in total. The van der Waals surface area contributed by atoms with Crippen LogP contribution >= 0.6 is 0 Å². The van der Waals surface area contributed by atoms with Crippen molar-refractivity contribution >= 4 is 0 Å². The summed E-state index contributed by atoms with van der Waals surface area (Å²) in [7, 11) is 0. The van der Waals surface area contributed by atoms with Crippen molar-refractivity contribution < 1.29 is 4.39 Å². The van der Waals surface area contributed by atoms with Crippen molar-refractivity contribution in [2.75, 3.05) is 6.54 Å². The summed E-state index contributed by atoms with van der Waals surface area (Å²) in [5.74, 6) is 2.46. The zero-order valence-corrected chi connectivity index (χ0v) is 12.7. The van der Waals surface area contributed by atoms with Crippen LogP contribution in [0.15, 0.2) is 11.4 Å². The number of rotatable bonds is 3. The normalized spacial score (nSPS) is 46.7. The van der Waals surface area contributed by atoms with Crippen LogP contribution in [0.2, 0.25) is 0 Å². The first-order valence-corrected chi connectivity index (χ1v) is 8.69. The monoisotopic (exact) mass is 288 g/mol. The van der Waals surface area contributed by atoms with Crippen molar-refractivity contribution in [3.05, 3.63) is 11.4 Å². The second-order valence-electron chi connectivity index (χ2n) is 8.06. The van der Waals surface area contributed by atoms with Gasteiger partial charge in [0.25, 0.3) is 0 Å². The van der Waals surface area contributed by atoms with E-state index in [0.717, 1.165) is 42.6 Å². The quantitative estimate of drug-likeness (QED) is 0.849. The van der Waals surface area contributed by atoms with Crippen LogP contribution in [0, 0.1) is 35.0 Å². The lowest BCUT2D eigenvalue weighted by Crippen LogP contribution is -2.58. The molecule has 1 atom stereocenters. The molecule has 5 fully saturated rings. The second-order valence-corrected chi connectivity index (χ2v) is 8.06. The summed E-state index contributed by atoms with van der Waals surface area (Å²) < 4.78 is 14.5. The molecule has 5 aliphatic carbocycles. The van der Waals surface area contributed by atoms with Gasteiger partial charge in [-0.2, -0.15) is 5.26 Å². The predicted octanol–water partition coefficient (Wildman–Crippen LogP) is 4.09. The number of hydrogen-bond acceptors (Lipinski definition) is 2. The Balaban J connectivity index is 1.45. The molecule has 0 amide bonds. The largest absolute Gasteiger partial charge is 0.305 e. The van der Waals surface area contributed by atoms with Gasteiger partial charge in [0.2, 0.25) is 0 Å². The Morgan fingerprint density at radius 2 is 1.81 bits per heavy atom.